The van der Waals surface area contributed by atoms with Gasteiger partial charge >= 0.3 is 17.7 Å². The van der Waals surface area contributed by atoms with Crippen molar-refractivity contribution in [1.29, 1.82) is 0 Å². The van der Waals surface area contributed by atoms with Crippen LogP contribution in [0.5, 0.6) is 0 Å². The summed E-state index contributed by atoms with van der Waals surface area (Å²) in [7, 11) is 0. The molecule has 146 valence electrons. The SMILES string of the molecule is CCCCOC(=O)Nc1nc(=O)n([C@@H]2O[C@H](CO)C(O)C2(F)F)cc1I. The van der Waals surface area contributed by atoms with E-state index < -0.39 is 42.7 Å². The molecule has 0 aliphatic carbocycles. The van der Waals surface area contributed by atoms with E-state index in [1.165, 1.54) is 0 Å². The van der Waals surface area contributed by atoms with E-state index in [1.807, 2.05) is 6.92 Å². The van der Waals surface area contributed by atoms with Gasteiger partial charge < -0.3 is 19.7 Å². The predicted molar refractivity (Wildman–Crippen MR) is 93.0 cm³/mol. The zero-order valence-electron chi connectivity index (χ0n) is 13.7. The summed E-state index contributed by atoms with van der Waals surface area (Å²) in [5.41, 5.74) is -1.12. The highest BCUT2D eigenvalue weighted by Crippen LogP contribution is 2.42. The summed E-state index contributed by atoms with van der Waals surface area (Å²) < 4.78 is 38.8. The lowest BCUT2D eigenvalue weighted by Crippen LogP contribution is -2.42. The molecule has 1 aromatic rings. The average molecular weight is 489 g/mol. The van der Waals surface area contributed by atoms with Gasteiger partial charge in [-0.25, -0.2) is 9.59 Å². The zero-order valence-corrected chi connectivity index (χ0v) is 15.9. The van der Waals surface area contributed by atoms with Gasteiger partial charge in [-0.1, -0.05) is 13.3 Å². The second-order valence-corrected chi connectivity index (χ2v) is 6.73. The number of hydrogen-bond donors (Lipinski definition) is 3. The number of carbonyl (C=O) groups is 1. The summed E-state index contributed by atoms with van der Waals surface area (Å²) in [6, 6.07) is 0. The molecule has 12 heteroatoms. The lowest BCUT2D eigenvalue weighted by Gasteiger charge is -2.21. The number of unbranched alkanes of at least 4 members (excludes halogenated alkanes) is 1. The van der Waals surface area contributed by atoms with E-state index in [9.17, 15) is 23.5 Å². The van der Waals surface area contributed by atoms with Gasteiger partial charge in [0.25, 0.3) is 0 Å². The summed E-state index contributed by atoms with van der Waals surface area (Å²) in [5, 5.41) is 20.8. The van der Waals surface area contributed by atoms with Crippen LogP contribution in [0.1, 0.15) is 26.0 Å². The minimum Gasteiger partial charge on any atom is -0.449 e. The quantitative estimate of drug-likeness (QED) is 0.404. The van der Waals surface area contributed by atoms with Crippen LogP contribution in [0.15, 0.2) is 11.0 Å². The fourth-order valence-electron chi connectivity index (χ4n) is 2.26. The Labute approximate surface area is 160 Å². The third kappa shape index (κ3) is 4.29. The van der Waals surface area contributed by atoms with Gasteiger partial charge in [0.15, 0.2) is 11.9 Å². The molecule has 3 atom stereocenters. The van der Waals surface area contributed by atoms with E-state index in [0.717, 1.165) is 12.6 Å². The van der Waals surface area contributed by atoms with Crippen molar-refractivity contribution in [2.24, 2.45) is 0 Å². The fourth-order valence-corrected chi connectivity index (χ4v) is 2.82. The highest BCUT2D eigenvalue weighted by atomic mass is 127. The number of hydrogen-bond acceptors (Lipinski definition) is 7. The first-order valence-corrected chi connectivity index (χ1v) is 8.84. The Kier molecular flexibility index (Phi) is 6.87. The van der Waals surface area contributed by atoms with Crippen LogP contribution in [0.3, 0.4) is 0 Å². The summed E-state index contributed by atoms with van der Waals surface area (Å²) >= 11 is 1.69. The molecule has 2 heterocycles. The molecule has 1 aliphatic rings. The van der Waals surface area contributed by atoms with E-state index in [2.05, 4.69) is 10.3 Å². The maximum absolute atomic E-state index is 14.2. The minimum absolute atomic E-state index is 0.145. The maximum Gasteiger partial charge on any atom is 0.412 e. The van der Waals surface area contributed by atoms with Gasteiger partial charge in [-0.15, -0.1) is 0 Å². The number of ether oxygens (including phenoxy) is 2. The molecule has 3 N–H and O–H groups in total. The number of halogens is 3. The second-order valence-electron chi connectivity index (χ2n) is 5.57. The smallest absolute Gasteiger partial charge is 0.412 e. The molecule has 26 heavy (non-hydrogen) atoms. The van der Waals surface area contributed by atoms with E-state index in [4.69, 9.17) is 14.6 Å². The van der Waals surface area contributed by atoms with Crippen LogP contribution >= 0.6 is 22.6 Å². The average Bonchev–Trinajstić information content (AvgIpc) is 2.81. The van der Waals surface area contributed by atoms with Crippen molar-refractivity contribution in [1.82, 2.24) is 9.55 Å². The van der Waals surface area contributed by atoms with Crippen molar-refractivity contribution in [3.05, 3.63) is 20.3 Å². The largest absolute Gasteiger partial charge is 0.449 e. The van der Waals surface area contributed by atoms with Gasteiger partial charge in [-0.2, -0.15) is 13.8 Å². The maximum atomic E-state index is 14.2. The normalized spacial score (nSPS) is 24.5. The number of nitrogens with one attached hydrogen (secondary N) is 1. The summed E-state index contributed by atoms with van der Waals surface area (Å²) in [6.45, 7) is 1.28. The molecule has 0 spiro atoms. The fraction of sp³-hybridized carbons (Fsp3) is 0.643. The molecular formula is C14H18F2IN3O6. The van der Waals surface area contributed by atoms with Crippen LogP contribution in [0.25, 0.3) is 0 Å². The zero-order chi connectivity index (χ0) is 19.5. The summed E-state index contributed by atoms with van der Waals surface area (Å²) in [4.78, 5) is 27.3. The lowest BCUT2D eigenvalue weighted by atomic mass is 10.1. The Morgan fingerprint density at radius 1 is 1.58 bits per heavy atom. The van der Waals surface area contributed by atoms with Crippen molar-refractivity contribution < 1.29 is 33.3 Å². The monoisotopic (exact) mass is 489 g/mol. The number of alkyl halides is 2. The first kappa shape index (κ1) is 20.9. The summed E-state index contributed by atoms with van der Waals surface area (Å²) in [6.07, 6.45) is -4.24. The molecule has 1 saturated heterocycles. The second kappa shape index (κ2) is 8.54. The lowest BCUT2D eigenvalue weighted by molar-refractivity contribution is -0.141. The van der Waals surface area contributed by atoms with Crippen molar-refractivity contribution in [3.63, 3.8) is 0 Å². The first-order valence-electron chi connectivity index (χ1n) is 7.77. The Balaban J connectivity index is 2.22. The third-order valence-electron chi connectivity index (χ3n) is 3.67. The molecule has 2 rings (SSSR count). The van der Waals surface area contributed by atoms with Crippen LogP contribution in [0.2, 0.25) is 0 Å². The van der Waals surface area contributed by atoms with Gasteiger partial charge in [0.05, 0.1) is 16.8 Å². The molecule has 1 fully saturated rings. The van der Waals surface area contributed by atoms with Gasteiger partial charge in [0.1, 0.15) is 6.10 Å². The molecule has 1 amide bonds. The Hall–Kier alpha value is -1.38. The molecule has 0 aromatic carbocycles. The van der Waals surface area contributed by atoms with Crippen LogP contribution < -0.4 is 11.0 Å². The topological polar surface area (TPSA) is 123 Å². The molecule has 1 unspecified atom stereocenters. The predicted octanol–water partition coefficient (Wildman–Crippen LogP) is 1.08. The minimum atomic E-state index is -3.81. The van der Waals surface area contributed by atoms with Gasteiger partial charge in [0.2, 0.25) is 6.23 Å². The van der Waals surface area contributed by atoms with Crippen LogP contribution in [-0.4, -0.2) is 57.2 Å². The van der Waals surface area contributed by atoms with Crippen molar-refractivity contribution in [2.45, 2.75) is 44.1 Å². The van der Waals surface area contributed by atoms with Crippen LogP contribution in [0, 0.1) is 3.57 Å². The van der Waals surface area contributed by atoms with E-state index in [1.54, 1.807) is 22.6 Å². The number of aliphatic hydroxyl groups is 2. The number of carbonyl (C=O) groups excluding carboxylic acids is 1. The van der Waals surface area contributed by atoms with Gasteiger partial charge in [0, 0.05) is 6.20 Å². The number of amides is 1. The molecule has 9 nitrogen and oxygen atoms in total. The molecule has 1 aliphatic heterocycles. The Morgan fingerprint density at radius 3 is 2.85 bits per heavy atom. The van der Waals surface area contributed by atoms with E-state index in [0.29, 0.717) is 11.0 Å². The third-order valence-corrected chi connectivity index (χ3v) is 4.46. The van der Waals surface area contributed by atoms with Crippen molar-refractivity contribution >= 4 is 34.5 Å². The van der Waals surface area contributed by atoms with Gasteiger partial charge in [-0.3, -0.25) is 9.88 Å². The van der Waals surface area contributed by atoms with Crippen LogP contribution in [0.4, 0.5) is 19.4 Å². The number of rotatable bonds is 6. The Morgan fingerprint density at radius 2 is 2.27 bits per heavy atom. The first-order chi connectivity index (χ1) is 12.2. The van der Waals surface area contributed by atoms with Crippen molar-refractivity contribution in [2.75, 3.05) is 18.5 Å². The molecule has 0 bridgehead atoms. The van der Waals surface area contributed by atoms with E-state index >= 15 is 0 Å². The van der Waals surface area contributed by atoms with E-state index in [-0.39, 0.29) is 16.0 Å². The molecule has 1 aromatic heterocycles. The highest BCUT2D eigenvalue weighted by molar-refractivity contribution is 14.1. The summed E-state index contributed by atoms with van der Waals surface area (Å²) in [5.74, 6) is -3.95. The van der Waals surface area contributed by atoms with Crippen molar-refractivity contribution in [3.8, 4) is 0 Å². The van der Waals surface area contributed by atoms with Crippen LogP contribution in [-0.2, 0) is 9.47 Å². The molecule has 0 radical (unpaired) electrons. The molecule has 0 saturated carbocycles. The molecular weight excluding hydrogens is 471 g/mol. The number of aliphatic hydroxyl groups excluding tert-OH is 2. The highest BCUT2D eigenvalue weighted by Gasteiger charge is 2.59. The number of aromatic nitrogens is 2. The van der Waals surface area contributed by atoms with Gasteiger partial charge in [-0.05, 0) is 29.0 Å². The standard InChI is InChI=1S/C14H18F2IN3O6/c1-2-3-4-25-13(24)19-10-7(17)5-20(12(23)18-10)11-14(15,16)9(22)8(6-21)26-11/h5,8-9,11,21-22H,2-4,6H2,1H3,(H,18,19,23,24)/t8-,9?,11-/m1/s1. The number of nitrogens with zero attached hydrogens (tertiary/aromatic N) is 2. The number of anilines is 1. The Bertz CT molecular complexity index is 716.